The zero-order valence-electron chi connectivity index (χ0n) is 18.8. The molecule has 0 radical (unpaired) electrons. The average molecular weight is 480 g/mol. The van der Waals surface area contributed by atoms with E-state index in [2.05, 4.69) is 10.0 Å². The Morgan fingerprint density at radius 1 is 1.09 bits per heavy atom. The molecule has 0 aliphatic rings. The van der Waals surface area contributed by atoms with E-state index in [1.54, 1.807) is 19.9 Å². The van der Waals surface area contributed by atoms with Crippen LogP contribution in [0, 0.1) is 5.92 Å². The van der Waals surface area contributed by atoms with Crippen LogP contribution in [0.2, 0.25) is 0 Å². The van der Waals surface area contributed by atoms with Crippen LogP contribution in [-0.4, -0.2) is 58.1 Å². The summed E-state index contributed by atoms with van der Waals surface area (Å²) in [4.78, 5) is 27.6. The Kier molecular flexibility index (Phi) is 9.11. The van der Waals surface area contributed by atoms with Gasteiger partial charge in [0.1, 0.15) is 11.8 Å². The second-order valence-electron chi connectivity index (χ2n) is 7.46. The van der Waals surface area contributed by atoms with Crippen molar-refractivity contribution in [1.29, 1.82) is 0 Å². The van der Waals surface area contributed by atoms with E-state index in [9.17, 15) is 18.0 Å². The molecule has 0 aliphatic carbocycles. The number of anilines is 1. The molecule has 2 aromatic carbocycles. The number of hydrogen-bond donors (Lipinski definition) is 2. The molecule has 2 rings (SSSR count). The van der Waals surface area contributed by atoms with Crippen LogP contribution in [-0.2, 0) is 19.6 Å². The summed E-state index contributed by atoms with van der Waals surface area (Å²) in [5, 5.41) is 2.80. The summed E-state index contributed by atoms with van der Waals surface area (Å²) in [6.45, 7) is 3.26. The summed E-state index contributed by atoms with van der Waals surface area (Å²) in [5.74, 6) is -0.680. The molecule has 0 spiro atoms. The first-order chi connectivity index (χ1) is 15.1. The molecule has 10 heteroatoms. The lowest BCUT2D eigenvalue weighted by Gasteiger charge is -2.26. The molecular weight excluding hydrogens is 450 g/mol. The minimum absolute atomic E-state index is 0.0193. The fraction of sp³-hybridized carbons (Fsp3) is 0.364. The van der Waals surface area contributed by atoms with Crippen LogP contribution in [0.1, 0.15) is 13.8 Å². The lowest BCUT2D eigenvalue weighted by molar-refractivity contribution is -0.135. The number of thioether (sulfide) groups is 1. The topological polar surface area (TPSA) is 105 Å². The predicted octanol–water partition coefficient (Wildman–Crippen LogP) is 2.82. The maximum Gasteiger partial charge on any atom is 0.244 e. The fourth-order valence-corrected chi connectivity index (χ4v) is 4.82. The molecule has 0 heterocycles. The van der Waals surface area contributed by atoms with Crippen molar-refractivity contribution in [2.24, 2.45) is 5.92 Å². The number of amides is 2. The summed E-state index contributed by atoms with van der Waals surface area (Å²) in [6, 6.07) is 12.2. The number of sulfonamides is 1. The van der Waals surface area contributed by atoms with Crippen molar-refractivity contribution in [1.82, 2.24) is 9.62 Å². The van der Waals surface area contributed by atoms with Crippen molar-refractivity contribution in [3.8, 4) is 5.75 Å². The number of para-hydroxylation sites is 1. The van der Waals surface area contributed by atoms with Gasteiger partial charge in [-0.15, -0.1) is 11.8 Å². The molecule has 1 atom stereocenters. The average Bonchev–Trinajstić information content (AvgIpc) is 2.77. The Hall–Kier alpha value is -2.56. The van der Waals surface area contributed by atoms with Gasteiger partial charge in [-0.05, 0) is 48.6 Å². The maximum atomic E-state index is 13.0. The normalized spacial score (nSPS) is 12.3. The monoisotopic (exact) mass is 479 g/mol. The van der Waals surface area contributed by atoms with Gasteiger partial charge >= 0.3 is 0 Å². The zero-order valence-corrected chi connectivity index (χ0v) is 20.4. The van der Waals surface area contributed by atoms with E-state index in [0.29, 0.717) is 11.4 Å². The van der Waals surface area contributed by atoms with Gasteiger partial charge in [-0.3, -0.25) is 9.59 Å². The van der Waals surface area contributed by atoms with Crippen molar-refractivity contribution in [3.05, 3.63) is 48.5 Å². The van der Waals surface area contributed by atoms with E-state index in [1.165, 1.54) is 55.1 Å². The van der Waals surface area contributed by atoms with Gasteiger partial charge in [0.2, 0.25) is 21.8 Å². The second kappa shape index (κ2) is 11.3. The molecular formula is C22H29N3O5S2. The number of likely N-dealkylation sites (N-methyl/N-ethyl adjacent to an activating group) is 1. The lowest BCUT2D eigenvalue weighted by Crippen LogP contribution is -2.51. The van der Waals surface area contributed by atoms with Gasteiger partial charge in [0.25, 0.3) is 0 Å². The molecule has 174 valence electrons. The van der Waals surface area contributed by atoms with Gasteiger partial charge in [0, 0.05) is 11.9 Å². The molecule has 0 aromatic heterocycles. The first kappa shape index (κ1) is 25.7. The van der Waals surface area contributed by atoms with Gasteiger partial charge in [0.15, 0.2) is 0 Å². The Labute approximate surface area is 193 Å². The van der Waals surface area contributed by atoms with Crippen molar-refractivity contribution in [2.75, 3.05) is 32.3 Å². The molecule has 0 bridgehead atoms. The van der Waals surface area contributed by atoms with Crippen LogP contribution in [0.4, 0.5) is 5.69 Å². The first-order valence-electron chi connectivity index (χ1n) is 9.93. The summed E-state index contributed by atoms with van der Waals surface area (Å²) < 4.78 is 33.1. The molecule has 0 aliphatic heterocycles. The van der Waals surface area contributed by atoms with Crippen LogP contribution in [0.5, 0.6) is 5.75 Å². The first-order valence-corrected chi connectivity index (χ1v) is 12.6. The van der Waals surface area contributed by atoms with Crippen molar-refractivity contribution >= 4 is 39.3 Å². The molecule has 8 nitrogen and oxygen atoms in total. The fourth-order valence-electron chi connectivity index (χ4n) is 2.93. The lowest BCUT2D eigenvalue weighted by atomic mass is 10.0. The third kappa shape index (κ3) is 6.72. The summed E-state index contributed by atoms with van der Waals surface area (Å²) in [5.41, 5.74) is 0.659. The van der Waals surface area contributed by atoms with Crippen LogP contribution in [0.25, 0.3) is 0 Å². The zero-order chi connectivity index (χ0) is 23.9. The van der Waals surface area contributed by atoms with Crippen LogP contribution < -0.4 is 14.8 Å². The third-order valence-corrected chi connectivity index (χ3v) is 6.98. The number of rotatable bonds is 10. The quantitative estimate of drug-likeness (QED) is 0.508. The Balaban J connectivity index is 2.10. The molecule has 0 saturated carbocycles. The predicted molar refractivity (Wildman–Crippen MR) is 126 cm³/mol. The highest BCUT2D eigenvalue weighted by atomic mass is 32.2. The number of nitrogens with one attached hydrogen (secondary N) is 2. The standard InChI is InChI=1S/C22H29N3O5S2/c1-15(2)21(24-32(28,29)17-12-10-16(30-4)11-13-17)22(27)25(3)14-20(26)23-18-8-6-7-9-19(18)31-5/h6-13,15,21,24H,14H2,1-5H3,(H,23,26)/t21-/m0/s1. The molecule has 0 saturated heterocycles. The van der Waals surface area contributed by atoms with Gasteiger partial charge in [-0.1, -0.05) is 26.0 Å². The molecule has 2 aromatic rings. The number of benzene rings is 2. The molecule has 32 heavy (non-hydrogen) atoms. The second-order valence-corrected chi connectivity index (χ2v) is 10.0. The SMILES string of the molecule is COc1ccc(S(=O)(=O)N[C@H](C(=O)N(C)CC(=O)Nc2ccccc2SC)C(C)C)cc1. The van der Waals surface area contributed by atoms with Crippen molar-refractivity contribution < 1.29 is 22.7 Å². The van der Waals surface area contributed by atoms with Crippen LogP contribution >= 0.6 is 11.8 Å². The number of carbonyl (C=O) groups is 2. The number of ether oxygens (including phenoxy) is 1. The van der Waals surface area contributed by atoms with Crippen molar-refractivity contribution in [3.63, 3.8) is 0 Å². The number of methoxy groups -OCH3 is 1. The van der Waals surface area contributed by atoms with E-state index in [-0.39, 0.29) is 23.3 Å². The van der Waals surface area contributed by atoms with Gasteiger partial charge in [0.05, 0.1) is 24.2 Å². The van der Waals surface area contributed by atoms with E-state index in [4.69, 9.17) is 4.74 Å². The van der Waals surface area contributed by atoms with E-state index >= 15 is 0 Å². The van der Waals surface area contributed by atoms with Gasteiger partial charge in [-0.2, -0.15) is 4.72 Å². The van der Waals surface area contributed by atoms with Gasteiger partial charge in [-0.25, -0.2) is 8.42 Å². The van der Waals surface area contributed by atoms with Crippen LogP contribution in [0.3, 0.4) is 0 Å². The largest absolute Gasteiger partial charge is 0.497 e. The number of hydrogen-bond acceptors (Lipinski definition) is 6. The number of carbonyl (C=O) groups excluding carboxylic acids is 2. The third-order valence-electron chi connectivity index (χ3n) is 4.72. The molecule has 2 amide bonds. The van der Waals surface area contributed by atoms with E-state index < -0.39 is 22.0 Å². The van der Waals surface area contributed by atoms with Crippen molar-refractivity contribution in [2.45, 2.75) is 29.7 Å². The Bertz CT molecular complexity index is 1040. The molecule has 0 unspecified atom stereocenters. The van der Waals surface area contributed by atoms with E-state index in [0.717, 1.165) is 4.90 Å². The Morgan fingerprint density at radius 3 is 2.28 bits per heavy atom. The smallest absolute Gasteiger partial charge is 0.244 e. The summed E-state index contributed by atoms with van der Waals surface area (Å²) in [7, 11) is -0.992. The summed E-state index contributed by atoms with van der Waals surface area (Å²) >= 11 is 1.50. The maximum absolute atomic E-state index is 13.0. The molecule has 0 fully saturated rings. The highest BCUT2D eigenvalue weighted by Crippen LogP contribution is 2.24. The number of nitrogens with zero attached hydrogens (tertiary/aromatic N) is 1. The minimum atomic E-state index is -3.95. The highest BCUT2D eigenvalue weighted by molar-refractivity contribution is 7.98. The van der Waals surface area contributed by atoms with Gasteiger partial charge < -0.3 is 15.0 Å². The summed E-state index contributed by atoms with van der Waals surface area (Å²) in [6.07, 6.45) is 1.91. The minimum Gasteiger partial charge on any atom is -0.497 e. The molecule has 2 N–H and O–H groups in total. The van der Waals surface area contributed by atoms with Crippen LogP contribution in [0.15, 0.2) is 58.3 Å². The highest BCUT2D eigenvalue weighted by Gasteiger charge is 2.31. The van der Waals surface area contributed by atoms with E-state index in [1.807, 2.05) is 24.5 Å². The Morgan fingerprint density at radius 2 is 1.72 bits per heavy atom.